The Bertz CT molecular complexity index is 1150. The molecular formula is C22H20ClFN4O3S. The summed E-state index contributed by atoms with van der Waals surface area (Å²) in [7, 11) is 0. The molecule has 0 N–H and O–H groups in total. The van der Waals surface area contributed by atoms with Gasteiger partial charge in [0.2, 0.25) is 11.8 Å². The molecule has 2 aromatic carbocycles. The molecule has 1 aromatic heterocycles. The highest BCUT2D eigenvalue weighted by molar-refractivity contribution is 7.99. The second-order valence-electron chi connectivity index (χ2n) is 7.26. The minimum absolute atomic E-state index is 0.0513. The molecule has 7 nitrogen and oxygen atoms in total. The first-order valence-electron chi connectivity index (χ1n) is 9.96. The van der Waals surface area contributed by atoms with Crippen molar-refractivity contribution in [3.63, 3.8) is 0 Å². The fourth-order valence-corrected chi connectivity index (χ4v) is 4.26. The third-order valence-electron chi connectivity index (χ3n) is 5.12. The van der Waals surface area contributed by atoms with E-state index in [1.54, 1.807) is 35.2 Å². The number of halogens is 2. The maximum absolute atomic E-state index is 14.4. The first-order chi connectivity index (χ1) is 15.4. The number of amides is 1. The fourth-order valence-electron chi connectivity index (χ4n) is 3.40. The van der Waals surface area contributed by atoms with Crippen LogP contribution in [0.4, 0.5) is 10.1 Å². The Hall–Kier alpha value is -2.91. The number of rotatable bonds is 6. The molecule has 2 heterocycles. The molecule has 166 valence electrons. The number of ketones is 1. The lowest BCUT2D eigenvalue weighted by atomic mass is 10.1. The predicted octanol–water partition coefficient (Wildman–Crippen LogP) is 4.17. The molecule has 0 unspecified atom stereocenters. The van der Waals surface area contributed by atoms with Crippen molar-refractivity contribution in [3.05, 3.63) is 58.9 Å². The van der Waals surface area contributed by atoms with Crippen molar-refractivity contribution in [1.82, 2.24) is 15.1 Å². The van der Waals surface area contributed by atoms with Gasteiger partial charge in [0.1, 0.15) is 5.82 Å². The van der Waals surface area contributed by atoms with Gasteiger partial charge in [-0.1, -0.05) is 29.4 Å². The maximum Gasteiger partial charge on any atom is 0.277 e. The number of carbonyl (C=O) groups is 2. The molecule has 4 rings (SSSR count). The average molecular weight is 475 g/mol. The molecule has 32 heavy (non-hydrogen) atoms. The van der Waals surface area contributed by atoms with Crippen molar-refractivity contribution in [3.8, 4) is 11.5 Å². The van der Waals surface area contributed by atoms with Crippen LogP contribution >= 0.6 is 23.4 Å². The summed E-state index contributed by atoms with van der Waals surface area (Å²) >= 11 is 7.16. The van der Waals surface area contributed by atoms with E-state index in [-0.39, 0.29) is 17.4 Å². The monoisotopic (exact) mass is 474 g/mol. The summed E-state index contributed by atoms with van der Waals surface area (Å²) in [6, 6.07) is 11.6. The first kappa shape index (κ1) is 22.3. The van der Waals surface area contributed by atoms with Crippen molar-refractivity contribution in [2.24, 2.45) is 0 Å². The van der Waals surface area contributed by atoms with E-state index in [4.69, 9.17) is 16.0 Å². The summed E-state index contributed by atoms with van der Waals surface area (Å²) in [5.74, 6) is -0.151. The van der Waals surface area contributed by atoms with Gasteiger partial charge in [-0.25, -0.2) is 4.39 Å². The van der Waals surface area contributed by atoms with E-state index >= 15 is 0 Å². The van der Waals surface area contributed by atoms with Gasteiger partial charge in [-0.2, -0.15) is 0 Å². The number of anilines is 1. The van der Waals surface area contributed by atoms with E-state index in [0.29, 0.717) is 59.1 Å². The highest BCUT2D eigenvalue weighted by Crippen LogP contribution is 2.26. The number of carbonyl (C=O) groups excluding carboxylic acids is 2. The van der Waals surface area contributed by atoms with Gasteiger partial charge in [0.15, 0.2) is 5.78 Å². The van der Waals surface area contributed by atoms with Crippen LogP contribution in [0.1, 0.15) is 17.3 Å². The van der Waals surface area contributed by atoms with E-state index in [0.717, 1.165) is 0 Å². The molecule has 0 bridgehead atoms. The van der Waals surface area contributed by atoms with Crippen molar-refractivity contribution < 1.29 is 18.4 Å². The molecule has 1 saturated heterocycles. The number of piperazine rings is 1. The van der Waals surface area contributed by atoms with Crippen LogP contribution in [0.25, 0.3) is 11.5 Å². The number of aromatic nitrogens is 2. The van der Waals surface area contributed by atoms with Crippen molar-refractivity contribution in [1.29, 1.82) is 0 Å². The molecule has 1 amide bonds. The Morgan fingerprint density at radius 2 is 1.91 bits per heavy atom. The zero-order chi connectivity index (χ0) is 22.7. The van der Waals surface area contributed by atoms with Crippen LogP contribution in [0.2, 0.25) is 5.02 Å². The summed E-state index contributed by atoms with van der Waals surface area (Å²) in [5, 5.41) is 8.85. The third-order valence-corrected chi connectivity index (χ3v) is 6.16. The van der Waals surface area contributed by atoms with Crippen LogP contribution in [0.15, 0.2) is 52.1 Å². The topological polar surface area (TPSA) is 79.5 Å². The van der Waals surface area contributed by atoms with Gasteiger partial charge < -0.3 is 14.2 Å². The van der Waals surface area contributed by atoms with Gasteiger partial charge in [-0.15, -0.1) is 10.2 Å². The summed E-state index contributed by atoms with van der Waals surface area (Å²) in [6.07, 6.45) is 0. The SMILES string of the molecule is CC(=O)c1ccc(N2CCN(C(=O)CSc3nnc(-c4cccc(Cl)c4)o3)CC2)c(F)c1. The molecular weight excluding hydrogens is 455 g/mol. The second kappa shape index (κ2) is 9.70. The Morgan fingerprint density at radius 1 is 1.12 bits per heavy atom. The Labute approximate surface area is 193 Å². The van der Waals surface area contributed by atoms with E-state index in [1.165, 1.54) is 24.8 Å². The number of hydrogen-bond donors (Lipinski definition) is 0. The van der Waals surface area contributed by atoms with Gasteiger partial charge in [-0.05, 0) is 43.3 Å². The lowest BCUT2D eigenvalue weighted by molar-refractivity contribution is -0.128. The van der Waals surface area contributed by atoms with E-state index < -0.39 is 5.82 Å². The second-order valence-corrected chi connectivity index (χ2v) is 8.63. The number of nitrogens with zero attached hydrogens (tertiary/aromatic N) is 4. The highest BCUT2D eigenvalue weighted by atomic mass is 35.5. The molecule has 0 radical (unpaired) electrons. The fraction of sp³-hybridized carbons (Fsp3) is 0.273. The van der Waals surface area contributed by atoms with Crippen LogP contribution < -0.4 is 4.90 Å². The minimum atomic E-state index is -0.431. The molecule has 1 fully saturated rings. The molecule has 3 aromatic rings. The Kier molecular flexibility index (Phi) is 6.76. The Morgan fingerprint density at radius 3 is 2.59 bits per heavy atom. The lowest BCUT2D eigenvalue weighted by Gasteiger charge is -2.36. The number of Topliss-reactive ketones (excluding diaryl/α,β-unsaturated/α-hetero) is 1. The molecule has 0 aliphatic carbocycles. The van der Waals surface area contributed by atoms with Gasteiger partial charge in [0, 0.05) is 42.3 Å². The smallest absolute Gasteiger partial charge is 0.277 e. The van der Waals surface area contributed by atoms with Gasteiger partial charge >= 0.3 is 0 Å². The zero-order valence-corrected chi connectivity index (χ0v) is 18.8. The number of thioether (sulfide) groups is 1. The average Bonchev–Trinajstić information content (AvgIpc) is 3.27. The maximum atomic E-state index is 14.4. The standard InChI is InChI=1S/C22H20ClFN4O3S/c1-14(29)15-5-6-19(18(24)12-15)27-7-9-28(10-8-27)20(30)13-32-22-26-25-21(31-22)16-3-2-4-17(23)11-16/h2-6,11-12H,7-10,13H2,1H3. The largest absolute Gasteiger partial charge is 0.411 e. The predicted molar refractivity (Wildman–Crippen MR) is 121 cm³/mol. The van der Waals surface area contributed by atoms with Crippen LogP contribution in [-0.2, 0) is 4.79 Å². The van der Waals surface area contributed by atoms with Gasteiger partial charge in [-0.3, -0.25) is 9.59 Å². The van der Waals surface area contributed by atoms with E-state index in [2.05, 4.69) is 10.2 Å². The summed E-state index contributed by atoms with van der Waals surface area (Å²) in [6.45, 7) is 3.37. The quantitative estimate of drug-likeness (QED) is 0.391. The van der Waals surface area contributed by atoms with E-state index in [9.17, 15) is 14.0 Å². The van der Waals surface area contributed by atoms with Crippen LogP contribution in [0.5, 0.6) is 0 Å². The summed E-state index contributed by atoms with van der Waals surface area (Å²) in [5.41, 5.74) is 1.50. The van der Waals surface area contributed by atoms with E-state index in [1.807, 2.05) is 11.0 Å². The van der Waals surface area contributed by atoms with Gasteiger partial charge in [0.25, 0.3) is 5.22 Å². The highest BCUT2D eigenvalue weighted by Gasteiger charge is 2.24. The molecule has 0 atom stereocenters. The van der Waals surface area contributed by atoms with Crippen molar-refractivity contribution >= 4 is 40.7 Å². The third kappa shape index (κ3) is 5.11. The van der Waals surface area contributed by atoms with Crippen molar-refractivity contribution in [2.45, 2.75) is 12.1 Å². The summed E-state index contributed by atoms with van der Waals surface area (Å²) in [4.78, 5) is 27.6. The van der Waals surface area contributed by atoms with Crippen molar-refractivity contribution in [2.75, 3.05) is 36.8 Å². The van der Waals surface area contributed by atoms with Crippen LogP contribution in [-0.4, -0.2) is 58.7 Å². The normalized spacial score (nSPS) is 14.0. The zero-order valence-electron chi connectivity index (χ0n) is 17.3. The van der Waals surface area contributed by atoms with Gasteiger partial charge in [0.05, 0.1) is 11.4 Å². The van der Waals surface area contributed by atoms with Crippen LogP contribution in [0, 0.1) is 5.82 Å². The molecule has 1 aliphatic heterocycles. The molecule has 0 spiro atoms. The minimum Gasteiger partial charge on any atom is -0.411 e. The number of hydrogen-bond acceptors (Lipinski definition) is 7. The number of benzene rings is 2. The molecule has 10 heteroatoms. The Balaban J connectivity index is 1.29. The molecule has 0 saturated carbocycles. The first-order valence-corrected chi connectivity index (χ1v) is 11.3. The van der Waals surface area contributed by atoms with Crippen LogP contribution in [0.3, 0.4) is 0 Å². The lowest BCUT2D eigenvalue weighted by Crippen LogP contribution is -2.49. The molecule has 1 aliphatic rings. The summed E-state index contributed by atoms with van der Waals surface area (Å²) < 4.78 is 20.0.